The number of anilines is 1. The van der Waals surface area contributed by atoms with Crippen LogP contribution < -0.4 is 15.2 Å². The van der Waals surface area contributed by atoms with Crippen LogP contribution in [-0.4, -0.2) is 53.6 Å². The number of carbonyl (C=O) groups excluding carboxylic acids is 1. The lowest BCUT2D eigenvalue weighted by atomic mass is 10.2. The Morgan fingerprint density at radius 2 is 1.75 bits per heavy atom. The molecule has 7 nitrogen and oxygen atoms in total. The average molecular weight is 433 g/mol. The van der Waals surface area contributed by atoms with Crippen molar-refractivity contribution in [2.45, 2.75) is 31.7 Å². The lowest BCUT2D eigenvalue weighted by molar-refractivity contribution is -0.131. The van der Waals surface area contributed by atoms with Gasteiger partial charge < -0.3 is 14.5 Å². The number of amides is 1. The molecule has 1 aliphatic carbocycles. The van der Waals surface area contributed by atoms with Crippen LogP contribution in [0.4, 0.5) is 5.69 Å². The van der Waals surface area contributed by atoms with Crippen molar-refractivity contribution < 1.29 is 9.53 Å². The van der Waals surface area contributed by atoms with Gasteiger partial charge >= 0.3 is 0 Å². The predicted octanol–water partition coefficient (Wildman–Crippen LogP) is 3.02. The molecule has 2 fully saturated rings. The van der Waals surface area contributed by atoms with Gasteiger partial charge in [-0.2, -0.15) is 0 Å². The molecule has 0 bridgehead atoms. The molecule has 3 aromatic rings. The summed E-state index contributed by atoms with van der Waals surface area (Å²) in [6.07, 6.45) is 2.87. The number of fused-ring (bicyclic) bond motifs is 1. The topological polar surface area (TPSA) is 67.7 Å². The molecule has 1 aliphatic heterocycles. The van der Waals surface area contributed by atoms with E-state index in [4.69, 9.17) is 9.72 Å². The summed E-state index contributed by atoms with van der Waals surface area (Å²) in [5.74, 6) is 1.71. The molecule has 1 aromatic heterocycles. The van der Waals surface area contributed by atoms with Crippen molar-refractivity contribution in [1.29, 1.82) is 0 Å². The molecule has 2 aromatic carbocycles. The van der Waals surface area contributed by atoms with Gasteiger partial charge in [0.25, 0.3) is 5.56 Å². The van der Waals surface area contributed by atoms with E-state index in [-0.39, 0.29) is 17.5 Å². The Bertz CT molecular complexity index is 1190. The van der Waals surface area contributed by atoms with Crippen molar-refractivity contribution in [2.24, 2.45) is 0 Å². The van der Waals surface area contributed by atoms with E-state index in [2.05, 4.69) is 11.0 Å². The number of aryl methyl sites for hydroxylation is 1. The average Bonchev–Trinajstić information content (AvgIpc) is 3.68. The molecule has 1 amide bonds. The highest BCUT2D eigenvalue weighted by Gasteiger charge is 2.29. The summed E-state index contributed by atoms with van der Waals surface area (Å²) in [6.45, 7) is 2.90. The highest BCUT2D eigenvalue weighted by atomic mass is 16.5. The van der Waals surface area contributed by atoms with Crippen LogP contribution in [0.5, 0.6) is 5.75 Å². The van der Waals surface area contributed by atoms with Gasteiger partial charge in [0, 0.05) is 45.1 Å². The van der Waals surface area contributed by atoms with E-state index in [1.165, 1.54) is 0 Å². The summed E-state index contributed by atoms with van der Waals surface area (Å²) in [6, 6.07) is 15.7. The quantitative estimate of drug-likeness (QED) is 0.599. The van der Waals surface area contributed by atoms with Crippen molar-refractivity contribution in [3.8, 4) is 5.75 Å². The fraction of sp³-hybridized carbons (Fsp3) is 0.400. The number of carbonyl (C=O) groups is 1. The molecule has 1 saturated heterocycles. The SMILES string of the molecule is COc1ccccc1N1CCN(C(=O)CCc2nc3ccccc3c(=O)n2C2CC2)CC1. The predicted molar refractivity (Wildman–Crippen MR) is 124 cm³/mol. The van der Waals surface area contributed by atoms with E-state index in [1.807, 2.05) is 51.9 Å². The maximum Gasteiger partial charge on any atom is 0.261 e. The second kappa shape index (κ2) is 8.65. The Kier molecular flexibility index (Phi) is 5.55. The van der Waals surface area contributed by atoms with E-state index < -0.39 is 0 Å². The van der Waals surface area contributed by atoms with Crippen molar-refractivity contribution in [2.75, 3.05) is 38.2 Å². The van der Waals surface area contributed by atoms with E-state index >= 15 is 0 Å². The summed E-state index contributed by atoms with van der Waals surface area (Å²) < 4.78 is 7.31. The minimum absolute atomic E-state index is 0.0194. The van der Waals surface area contributed by atoms with Crippen LogP contribution in [0.1, 0.15) is 31.1 Å². The highest BCUT2D eigenvalue weighted by Crippen LogP contribution is 2.35. The van der Waals surface area contributed by atoms with Crippen molar-refractivity contribution >= 4 is 22.5 Å². The molecule has 0 N–H and O–H groups in total. The lowest BCUT2D eigenvalue weighted by Crippen LogP contribution is -2.49. The maximum atomic E-state index is 13.0. The molecule has 0 spiro atoms. The first-order chi connectivity index (χ1) is 15.7. The number of hydrogen-bond acceptors (Lipinski definition) is 5. The van der Waals surface area contributed by atoms with Crippen LogP contribution in [0, 0.1) is 0 Å². The molecule has 0 unspecified atom stereocenters. The third-order valence-electron chi connectivity index (χ3n) is 6.41. The fourth-order valence-electron chi connectivity index (χ4n) is 4.54. The third kappa shape index (κ3) is 3.95. The van der Waals surface area contributed by atoms with Crippen molar-refractivity contribution in [3.05, 3.63) is 64.7 Å². The van der Waals surface area contributed by atoms with E-state index in [1.54, 1.807) is 7.11 Å². The van der Waals surface area contributed by atoms with E-state index in [0.29, 0.717) is 36.8 Å². The number of aromatic nitrogens is 2. The third-order valence-corrected chi connectivity index (χ3v) is 6.41. The Labute approximate surface area is 187 Å². The molecule has 32 heavy (non-hydrogen) atoms. The zero-order valence-corrected chi connectivity index (χ0v) is 18.4. The molecule has 166 valence electrons. The van der Waals surface area contributed by atoms with Gasteiger partial charge in [-0.3, -0.25) is 14.2 Å². The first-order valence-electron chi connectivity index (χ1n) is 11.3. The molecule has 0 radical (unpaired) electrons. The summed E-state index contributed by atoms with van der Waals surface area (Å²) in [5.41, 5.74) is 1.80. The zero-order valence-electron chi connectivity index (χ0n) is 18.4. The summed E-state index contributed by atoms with van der Waals surface area (Å²) in [5, 5.41) is 0.655. The van der Waals surface area contributed by atoms with Gasteiger partial charge in [-0.15, -0.1) is 0 Å². The van der Waals surface area contributed by atoms with Crippen LogP contribution >= 0.6 is 0 Å². The molecule has 0 atom stereocenters. The fourth-order valence-corrected chi connectivity index (χ4v) is 4.54. The van der Waals surface area contributed by atoms with Gasteiger partial charge in [0.05, 0.1) is 23.7 Å². The standard InChI is InChI=1S/C25H28N4O3/c1-32-22-9-5-4-8-21(22)27-14-16-28(17-15-27)24(30)13-12-23-26-20-7-3-2-6-19(20)25(31)29(23)18-10-11-18/h2-9,18H,10-17H2,1H3. The monoisotopic (exact) mass is 432 g/mol. The Balaban J connectivity index is 1.26. The number of rotatable bonds is 6. The van der Waals surface area contributed by atoms with Crippen LogP contribution in [0.25, 0.3) is 10.9 Å². The maximum absolute atomic E-state index is 13.0. The second-order valence-electron chi connectivity index (χ2n) is 8.49. The van der Waals surface area contributed by atoms with Gasteiger partial charge in [0.2, 0.25) is 5.91 Å². The van der Waals surface area contributed by atoms with Gasteiger partial charge in [-0.05, 0) is 37.1 Å². The molecular formula is C25H28N4O3. The van der Waals surface area contributed by atoms with Gasteiger partial charge in [-0.25, -0.2) is 4.98 Å². The smallest absolute Gasteiger partial charge is 0.261 e. The van der Waals surface area contributed by atoms with Crippen LogP contribution in [0.2, 0.25) is 0 Å². The molecule has 1 saturated carbocycles. The van der Waals surface area contributed by atoms with Gasteiger partial charge in [0.15, 0.2) is 0 Å². The van der Waals surface area contributed by atoms with Crippen LogP contribution in [0.3, 0.4) is 0 Å². The summed E-state index contributed by atoms with van der Waals surface area (Å²) >= 11 is 0. The molecule has 2 aliphatic rings. The Morgan fingerprint density at radius 3 is 2.50 bits per heavy atom. The number of benzene rings is 2. The molecule has 5 rings (SSSR count). The molecule has 7 heteroatoms. The first-order valence-corrected chi connectivity index (χ1v) is 11.3. The lowest BCUT2D eigenvalue weighted by Gasteiger charge is -2.36. The Morgan fingerprint density at radius 1 is 1.03 bits per heavy atom. The zero-order chi connectivity index (χ0) is 22.1. The summed E-state index contributed by atoms with van der Waals surface area (Å²) in [7, 11) is 1.68. The van der Waals surface area contributed by atoms with Gasteiger partial charge in [0.1, 0.15) is 11.6 Å². The van der Waals surface area contributed by atoms with E-state index in [0.717, 1.165) is 43.2 Å². The number of nitrogens with zero attached hydrogens (tertiary/aromatic N) is 4. The van der Waals surface area contributed by atoms with E-state index in [9.17, 15) is 9.59 Å². The van der Waals surface area contributed by atoms with Crippen molar-refractivity contribution in [1.82, 2.24) is 14.5 Å². The second-order valence-corrected chi connectivity index (χ2v) is 8.49. The number of methoxy groups -OCH3 is 1. The summed E-state index contributed by atoms with van der Waals surface area (Å²) in [4.78, 5) is 34.9. The minimum Gasteiger partial charge on any atom is -0.495 e. The number of ether oxygens (including phenoxy) is 1. The van der Waals surface area contributed by atoms with Gasteiger partial charge in [-0.1, -0.05) is 24.3 Å². The molecule has 2 heterocycles. The minimum atomic E-state index is 0.0194. The highest BCUT2D eigenvalue weighted by molar-refractivity contribution is 5.78. The van der Waals surface area contributed by atoms with Crippen LogP contribution in [0.15, 0.2) is 53.3 Å². The molecular weight excluding hydrogens is 404 g/mol. The number of hydrogen-bond donors (Lipinski definition) is 0. The van der Waals surface area contributed by atoms with Crippen molar-refractivity contribution in [3.63, 3.8) is 0 Å². The largest absolute Gasteiger partial charge is 0.495 e. The Hall–Kier alpha value is -3.35. The normalized spacial score (nSPS) is 16.4. The number of piperazine rings is 1. The first kappa shape index (κ1) is 20.5. The number of para-hydroxylation sites is 3. The van der Waals surface area contributed by atoms with Crippen LogP contribution in [-0.2, 0) is 11.2 Å².